The molecule has 0 saturated carbocycles. The minimum Gasteiger partial charge on any atom is -0.454 e. The average molecular weight is 925 g/mol. The molecule has 0 spiro atoms. The van der Waals surface area contributed by atoms with E-state index in [0.29, 0.717) is 0 Å². The molecule has 4 heteroatoms. The summed E-state index contributed by atoms with van der Waals surface area (Å²) in [5.41, 5.74) is 20.3. The molecular weight excluding hydrogens is 877 g/mol. The fraction of sp³-hybridized carbons (Fsp3) is 0.0882. The molecule has 0 N–H and O–H groups in total. The highest BCUT2D eigenvalue weighted by molar-refractivity contribution is 6.12. The van der Waals surface area contributed by atoms with Gasteiger partial charge < -0.3 is 18.6 Å². The van der Waals surface area contributed by atoms with Gasteiger partial charge in [-0.1, -0.05) is 149 Å². The number of anilines is 6. The smallest absolute Gasteiger partial charge is 0.159 e. The van der Waals surface area contributed by atoms with Crippen molar-refractivity contribution < 1.29 is 8.83 Å². The molecule has 0 fully saturated rings. The van der Waals surface area contributed by atoms with E-state index in [1.165, 1.54) is 66.1 Å². The summed E-state index contributed by atoms with van der Waals surface area (Å²) < 4.78 is 13.3. The molecule has 11 aromatic carbocycles. The van der Waals surface area contributed by atoms with Crippen molar-refractivity contribution in [3.05, 3.63) is 241 Å². The van der Waals surface area contributed by atoms with Crippen LogP contribution >= 0.6 is 0 Å². The third kappa shape index (κ3) is 5.75. The van der Waals surface area contributed by atoms with Gasteiger partial charge in [-0.25, -0.2) is 0 Å². The summed E-state index contributed by atoms with van der Waals surface area (Å²) in [7, 11) is 0. The molecule has 2 aliphatic carbocycles. The van der Waals surface area contributed by atoms with Crippen LogP contribution in [0.25, 0.3) is 87.7 Å². The van der Waals surface area contributed by atoms with Crippen molar-refractivity contribution in [1.29, 1.82) is 0 Å². The second-order valence-corrected chi connectivity index (χ2v) is 20.9. The zero-order valence-electron chi connectivity index (χ0n) is 40.5. The second kappa shape index (κ2) is 14.8. The summed E-state index contributed by atoms with van der Waals surface area (Å²) in [6, 6.07) is 79.4. The standard InChI is InChI=1S/C68H48N2O2/c1-67(2)57-39-43-35-47(69(45-17-7-5-8-18-45)59-25-15-23-53-49-21-11-13-27-61(49)71-65(53)59)31-29-41(43)37-55(57)51-33-34-52-56-38-42-30-32-48(36-44(42)40-58(56)68(3,4)64(52)63(51)67)70(46-19-9-6-10-20-46)60-26-16-24-54-50-22-12-14-28-62(50)72-66(54)60/h5-40H,1-4H3. The Balaban J connectivity index is 0.839. The van der Waals surface area contributed by atoms with E-state index in [-0.39, 0.29) is 10.8 Å². The molecule has 15 rings (SSSR count). The van der Waals surface area contributed by atoms with Gasteiger partial charge in [0.2, 0.25) is 0 Å². The minimum absolute atomic E-state index is 0.251. The maximum atomic E-state index is 6.64. The summed E-state index contributed by atoms with van der Waals surface area (Å²) in [6.07, 6.45) is 0. The first-order valence-electron chi connectivity index (χ1n) is 25.1. The SMILES string of the molecule is CC1(C)c2cc3cc(N(c4ccccc4)c4cccc5c4oc4ccccc45)ccc3cc2-c2ccc3c(c21)C(C)(C)c1cc2cc(N(c4ccccc4)c4cccc5c4oc4ccccc45)ccc2cc1-3. The molecule has 2 aromatic heterocycles. The first-order chi connectivity index (χ1) is 35.2. The van der Waals surface area contributed by atoms with Crippen molar-refractivity contribution in [2.24, 2.45) is 0 Å². The number of nitrogens with zero attached hydrogens (tertiary/aromatic N) is 2. The molecule has 0 unspecified atom stereocenters. The Labute approximate surface area is 417 Å². The Morgan fingerprint density at radius 3 is 1.15 bits per heavy atom. The first kappa shape index (κ1) is 41.0. The van der Waals surface area contributed by atoms with Crippen LogP contribution in [0.15, 0.2) is 227 Å². The lowest BCUT2D eigenvalue weighted by Gasteiger charge is -2.31. The lowest BCUT2D eigenvalue weighted by molar-refractivity contribution is 0.602. The Hall–Kier alpha value is -8.86. The molecule has 2 aliphatic rings. The molecule has 342 valence electrons. The predicted octanol–water partition coefficient (Wildman–Crippen LogP) is 19.3. The number of hydrogen-bond donors (Lipinski definition) is 0. The van der Waals surface area contributed by atoms with Crippen LogP contribution in [-0.2, 0) is 10.8 Å². The van der Waals surface area contributed by atoms with E-state index in [1.54, 1.807) is 0 Å². The molecule has 0 saturated heterocycles. The van der Waals surface area contributed by atoms with Crippen LogP contribution < -0.4 is 9.80 Å². The van der Waals surface area contributed by atoms with Gasteiger partial charge in [0, 0.05) is 55.1 Å². The molecule has 13 aromatic rings. The first-order valence-corrected chi connectivity index (χ1v) is 25.1. The van der Waals surface area contributed by atoms with Crippen molar-refractivity contribution in [3.63, 3.8) is 0 Å². The second-order valence-electron chi connectivity index (χ2n) is 20.9. The molecule has 2 heterocycles. The number of fused-ring (bicyclic) bond motifs is 15. The van der Waals surface area contributed by atoms with Gasteiger partial charge in [-0.15, -0.1) is 0 Å². The van der Waals surface area contributed by atoms with Crippen LogP contribution in [0.2, 0.25) is 0 Å². The van der Waals surface area contributed by atoms with Gasteiger partial charge in [-0.05, 0) is 163 Å². The van der Waals surface area contributed by atoms with Gasteiger partial charge in [0.1, 0.15) is 11.2 Å². The van der Waals surface area contributed by atoms with E-state index in [4.69, 9.17) is 8.83 Å². The normalized spacial score (nSPS) is 14.1. The van der Waals surface area contributed by atoms with Crippen molar-refractivity contribution >= 4 is 99.5 Å². The monoisotopic (exact) mass is 924 g/mol. The molecule has 0 radical (unpaired) electrons. The molecule has 0 amide bonds. The van der Waals surface area contributed by atoms with Crippen LogP contribution in [-0.4, -0.2) is 0 Å². The van der Waals surface area contributed by atoms with E-state index >= 15 is 0 Å². The van der Waals surface area contributed by atoms with E-state index < -0.39 is 0 Å². The van der Waals surface area contributed by atoms with Gasteiger partial charge in [0.05, 0.1) is 11.4 Å². The summed E-state index contributed by atoms with van der Waals surface area (Å²) in [6.45, 7) is 9.76. The van der Waals surface area contributed by atoms with Crippen LogP contribution in [0.4, 0.5) is 34.1 Å². The highest BCUT2D eigenvalue weighted by Crippen LogP contribution is 2.60. The average Bonchev–Trinajstić information content (AvgIpc) is 4.11. The van der Waals surface area contributed by atoms with Crippen LogP contribution in [0.5, 0.6) is 0 Å². The van der Waals surface area contributed by atoms with E-state index in [1.807, 2.05) is 12.1 Å². The van der Waals surface area contributed by atoms with Gasteiger partial charge in [0.15, 0.2) is 11.2 Å². The van der Waals surface area contributed by atoms with Crippen LogP contribution in [0, 0.1) is 0 Å². The fourth-order valence-corrected chi connectivity index (χ4v) is 12.8. The maximum absolute atomic E-state index is 6.64. The number of benzene rings is 11. The van der Waals surface area contributed by atoms with Crippen molar-refractivity contribution in [2.75, 3.05) is 9.80 Å². The molecule has 72 heavy (non-hydrogen) atoms. The third-order valence-electron chi connectivity index (χ3n) is 16.1. The van der Waals surface area contributed by atoms with Gasteiger partial charge in [0.25, 0.3) is 0 Å². The number of rotatable bonds is 6. The zero-order chi connectivity index (χ0) is 48.0. The van der Waals surface area contributed by atoms with E-state index in [9.17, 15) is 0 Å². The summed E-state index contributed by atoms with van der Waals surface area (Å²) >= 11 is 0. The number of furan rings is 2. The topological polar surface area (TPSA) is 32.8 Å². The van der Waals surface area contributed by atoms with Crippen LogP contribution in [0.1, 0.15) is 49.9 Å². The van der Waals surface area contributed by atoms with E-state index in [2.05, 4.69) is 244 Å². The van der Waals surface area contributed by atoms with Crippen molar-refractivity contribution in [1.82, 2.24) is 0 Å². The number of hydrogen-bond acceptors (Lipinski definition) is 4. The highest BCUT2D eigenvalue weighted by Gasteiger charge is 2.46. The Morgan fingerprint density at radius 2 is 0.708 bits per heavy atom. The van der Waals surface area contributed by atoms with Crippen molar-refractivity contribution in [2.45, 2.75) is 38.5 Å². The molecule has 0 bridgehead atoms. The summed E-state index contributed by atoms with van der Waals surface area (Å²) in [5, 5.41) is 9.35. The van der Waals surface area contributed by atoms with Gasteiger partial charge in [-0.3, -0.25) is 0 Å². The van der Waals surface area contributed by atoms with Gasteiger partial charge in [-0.2, -0.15) is 0 Å². The van der Waals surface area contributed by atoms with Crippen molar-refractivity contribution in [3.8, 4) is 22.3 Å². The lowest BCUT2D eigenvalue weighted by atomic mass is 9.72. The lowest BCUT2D eigenvalue weighted by Crippen LogP contribution is -2.24. The molecular formula is C68H48N2O2. The maximum Gasteiger partial charge on any atom is 0.159 e. The minimum atomic E-state index is -0.251. The Kier molecular flexibility index (Phi) is 8.44. The zero-order valence-corrected chi connectivity index (χ0v) is 40.5. The quantitative estimate of drug-likeness (QED) is 0.166. The molecule has 0 atom stereocenters. The number of para-hydroxylation sites is 6. The molecule has 4 nitrogen and oxygen atoms in total. The summed E-state index contributed by atoms with van der Waals surface area (Å²) in [5.74, 6) is 0. The largest absolute Gasteiger partial charge is 0.454 e. The fourth-order valence-electron chi connectivity index (χ4n) is 12.8. The Morgan fingerprint density at radius 1 is 0.306 bits per heavy atom. The highest BCUT2D eigenvalue weighted by atomic mass is 16.3. The summed E-state index contributed by atoms with van der Waals surface area (Å²) in [4.78, 5) is 4.69. The van der Waals surface area contributed by atoms with E-state index in [0.717, 1.165) is 78.0 Å². The Bertz CT molecular complexity index is 4120. The van der Waals surface area contributed by atoms with Crippen LogP contribution in [0.3, 0.4) is 0 Å². The third-order valence-corrected chi connectivity index (χ3v) is 16.1. The predicted molar refractivity (Wildman–Crippen MR) is 301 cm³/mol. The van der Waals surface area contributed by atoms with Gasteiger partial charge >= 0.3 is 0 Å². The molecule has 0 aliphatic heterocycles.